The van der Waals surface area contributed by atoms with E-state index in [1.807, 2.05) is 27.7 Å². The van der Waals surface area contributed by atoms with Crippen molar-refractivity contribution in [1.29, 1.82) is 0 Å². The lowest BCUT2D eigenvalue weighted by molar-refractivity contribution is -0.121. The van der Waals surface area contributed by atoms with Crippen LogP contribution in [0.1, 0.15) is 67.7 Å². The van der Waals surface area contributed by atoms with E-state index in [2.05, 4.69) is 41.7 Å². The Bertz CT molecular complexity index is 351. The van der Waals surface area contributed by atoms with Crippen LogP contribution in [0.3, 0.4) is 0 Å². The van der Waals surface area contributed by atoms with E-state index in [-0.39, 0.29) is 42.0 Å². The molecule has 6 heteroatoms. The zero-order valence-corrected chi connectivity index (χ0v) is 18.3. The van der Waals surface area contributed by atoms with E-state index in [0.29, 0.717) is 12.0 Å². The van der Waals surface area contributed by atoms with Crippen molar-refractivity contribution in [2.45, 2.75) is 79.3 Å². The van der Waals surface area contributed by atoms with E-state index in [4.69, 9.17) is 0 Å². The predicted octanol–water partition coefficient (Wildman–Crippen LogP) is 3.29. The standard InChI is InChI=1S/C17H36N4O.HI/c1-8-18-16(19-12-15(22)21-17(5,6)7)20-14(4)11-9-10-13(2)3;/h13-14H,8-12H2,1-7H3,(H,21,22)(H2,18,19,20);1H. The van der Waals surface area contributed by atoms with Gasteiger partial charge in [-0.3, -0.25) is 4.79 Å². The Morgan fingerprint density at radius 1 is 1.13 bits per heavy atom. The molecule has 1 atom stereocenters. The molecule has 0 fully saturated rings. The van der Waals surface area contributed by atoms with E-state index in [0.717, 1.165) is 18.9 Å². The Morgan fingerprint density at radius 3 is 2.22 bits per heavy atom. The highest BCUT2D eigenvalue weighted by molar-refractivity contribution is 14.0. The molecule has 0 saturated heterocycles. The van der Waals surface area contributed by atoms with Crippen LogP contribution in [0.15, 0.2) is 4.99 Å². The first-order valence-corrected chi connectivity index (χ1v) is 8.50. The van der Waals surface area contributed by atoms with Gasteiger partial charge in [0.15, 0.2) is 5.96 Å². The lowest BCUT2D eigenvalue weighted by atomic mass is 10.0. The predicted molar refractivity (Wildman–Crippen MR) is 111 cm³/mol. The average molecular weight is 440 g/mol. The summed E-state index contributed by atoms with van der Waals surface area (Å²) in [6.45, 7) is 15.5. The van der Waals surface area contributed by atoms with Crippen molar-refractivity contribution in [3.63, 3.8) is 0 Å². The van der Waals surface area contributed by atoms with Crippen LogP contribution in [0.2, 0.25) is 0 Å². The topological polar surface area (TPSA) is 65.5 Å². The summed E-state index contributed by atoms with van der Waals surface area (Å²) in [5.74, 6) is 1.40. The van der Waals surface area contributed by atoms with Gasteiger partial charge in [-0.05, 0) is 47.0 Å². The lowest BCUT2D eigenvalue weighted by Gasteiger charge is -2.21. The maximum absolute atomic E-state index is 11.8. The molecule has 5 nitrogen and oxygen atoms in total. The largest absolute Gasteiger partial charge is 0.357 e. The number of hydrogen-bond donors (Lipinski definition) is 3. The molecule has 3 N–H and O–H groups in total. The van der Waals surface area contributed by atoms with Gasteiger partial charge in [0.25, 0.3) is 0 Å². The van der Waals surface area contributed by atoms with E-state index in [1.165, 1.54) is 12.8 Å². The fourth-order valence-electron chi connectivity index (χ4n) is 2.07. The molecule has 0 aromatic rings. The van der Waals surface area contributed by atoms with Crippen LogP contribution >= 0.6 is 24.0 Å². The quantitative estimate of drug-likeness (QED) is 0.308. The molecule has 23 heavy (non-hydrogen) atoms. The third kappa shape index (κ3) is 16.1. The molecule has 0 radical (unpaired) electrons. The molecule has 0 heterocycles. The van der Waals surface area contributed by atoms with Gasteiger partial charge < -0.3 is 16.0 Å². The molecular weight excluding hydrogens is 403 g/mol. The Kier molecular flexibility index (Phi) is 13.8. The fourth-order valence-corrected chi connectivity index (χ4v) is 2.07. The summed E-state index contributed by atoms with van der Waals surface area (Å²) in [7, 11) is 0. The smallest absolute Gasteiger partial charge is 0.242 e. The number of rotatable bonds is 8. The molecular formula is C17H37IN4O. The van der Waals surface area contributed by atoms with Crippen molar-refractivity contribution in [1.82, 2.24) is 16.0 Å². The molecule has 1 unspecified atom stereocenters. The highest BCUT2D eigenvalue weighted by Crippen LogP contribution is 2.08. The normalized spacial score (nSPS) is 13.3. The monoisotopic (exact) mass is 440 g/mol. The van der Waals surface area contributed by atoms with Crippen LogP contribution in [-0.2, 0) is 4.79 Å². The molecule has 0 aromatic heterocycles. The SMILES string of the molecule is CCNC(=NCC(=O)NC(C)(C)C)NC(C)CCCC(C)C.I. The molecule has 0 aromatic carbocycles. The van der Waals surface area contributed by atoms with E-state index in [1.54, 1.807) is 0 Å². The summed E-state index contributed by atoms with van der Waals surface area (Å²) in [6.07, 6.45) is 3.56. The second-order valence-electron chi connectivity index (χ2n) is 7.36. The van der Waals surface area contributed by atoms with Crippen molar-refractivity contribution in [2.75, 3.05) is 13.1 Å². The molecule has 0 rings (SSSR count). The number of guanidine groups is 1. The number of halogens is 1. The zero-order valence-electron chi connectivity index (χ0n) is 16.0. The summed E-state index contributed by atoms with van der Waals surface area (Å²) in [5, 5.41) is 9.47. The van der Waals surface area contributed by atoms with Gasteiger partial charge in [0.1, 0.15) is 6.54 Å². The summed E-state index contributed by atoms with van der Waals surface area (Å²) in [6, 6.07) is 0.349. The highest BCUT2D eigenvalue weighted by atomic mass is 127. The van der Waals surface area contributed by atoms with E-state index < -0.39 is 0 Å². The van der Waals surface area contributed by atoms with Crippen molar-refractivity contribution in [2.24, 2.45) is 10.9 Å². The molecule has 0 aliphatic heterocycles. The maximum Gasteiger partial charge on any atom is 0.242 e. The first kappa shape index (κ1) is 24.7. The number of aliphatic imine (C=N–C) groups is 1. The third-order valence-electron chi connectivity index (χ3n) is 3.04. The maximum atomic E-state index is 11.8. The van der Waals surface area contributed by atoms with Gasteiger partial charge >= 0.3 is 0 Å². The van der Waals surface area contributed by atoms with E-state index >= 15 is 0 Å². The molecule has 0 aliphatic rings. The Morgan fingerprint density at radius 2 is 1.74 bits per heavy atom. The number of carbonyl (C=O) groups is 1. The Balaban J connectivity index is 0. The van der Waals surface area contributed by atoms with Gasteiger partial charge in [-0.2, -0.15) is 0 Å². The van der Waals surface area contributed by atoms with Gasteiger partial charge in [0, 0.05) is 18.1 Å². The van der Waals surface area contributed by atoms with Crippen molar-refractivity contribution < 1.29 is 4.79 Å². The van der Waals surface area contributed by atoms with Crippen LogP contribution < -0.4 is 16.0 Å². The minimum atomic E-state index is -0.220. The first-order chi connectivity index (χ1) is 10.1. The van der Waals surface area contributed by atoms with Crippen molar-refractivity contribution >= 4 is 35.8 Å². The Hall–Kier alpha value is -0.530. The Labute approximate surface area is 159 Å². The van der Waals surface area contributed by atoms with Gasteiger partial charge in [-0.25, -0.2) is 4.99 Å². The minimum absolute atomic E-state index is 0. The van der Waals surface area contributed by atoms with Crippen LogP contribution in [0, 0.1) is 5.92 Å². The number of hydrogen-bond acceptors (Lipinski definition) is 2. The van der Waals surface area contributed by atoms with E-state index in [9.17, 15) is 4.79 Å². The van der Waals surface area contributed by atoms with Gasteiger partial charge in [-0.15, -0.1) is 24.0 Å². The van der Waals surface area contributed by atoms with Gasteiger partial charge in [0.2, 0.25) is 5.91 Å². The van der Waals surface area contributed by atoms with Crippen molar-refractivity contribution in [3.05, 3.63) is 0 Å². The second kappa shape index (κ2) is 12.8. The van der Waals surface area contributed by atoms with Gasteiger partial charge in [0.05, 0.1) is 0 Å². The highest BCUT2D eigenvalue weighted by Gasteiger charge is 2.13. The van der Waals surface area contributed by atoms with Gasteiger partial charge in [-0.1, -0.05) is 26.7 Å². The number of carbonyl (C=O) groups excluding carboxylic acids is 1. The van der Waals surface area contributed by atoms with Crippen LogP contribution in [0.4, 0.5) is 0 Å². The molecule has 0 spiro atoms. The minimum Gasteiger partial charge on any atom is -0.357 e. The van der Waals surface area contributed by atoms with Crippen LogP contribution in [0.5, 0.6) is 0 Å². The molecule has 0 aliphatic carbocycles. The zero-order chi connectivity index (χ0) is 17.2. The molecule has 1 amide bonds. The summed E-state index contributed by atoms with van der Waals surface area (Å²) in [4.78, 5) is 16.2. The number of nitrogens with zero attached hydrogens (tertiary/aromatic N) is 1. The first-order valence-electron chi connectivity index (χ1n) is 8.50. The van der Waals surface area contributed by atoms with Crippen molar-refractivity contribution in [3.8, 4) is 0 Å². The van der Waals surface area contributed by atoms with Crippen LogP contribution in [-0.4, -0.2) is 36.5 Å². The molecule has 0 bridgehead atoms. The second-order valence-corrected chi connectivity index (χ2v) is 7.36. The molecule has 0 saturated carbocycles. The molecule has 138 valence electrons. The summed E-state index contributed by atoms with van der Waals surface area (Å²) in [5.41, 5.74) is -0.220. The summed E-state index contributed by atoms with van der Waals surface area (Å²) >= 11 is 0. The lowest BCUT2D eigenvalue weighted by Crippen LogP contribution is -2.44. The fraction of sp³-hybridized carbons (Fsp3) is 0.882. The average Bonchev–Trinajstić information content (AvgIpc) is 2.33. The number of amides is 1. The third-order valence-corrected chi connectivity index (χ3v) is 3.04. The summed E-state index contributed by atoms with van der Waals surface area (Å²) < 4.78 is 0. The number of nitrogens with one attached hydrogen (secondary N) is 3. The van der Waals surface area contributed by atoms with Crippen LogP contribution in [0.25, 0.3) is 0 Å².